The highest BCUT2D eigenvalue weighted by Crippen LogP contribution is 2.16. The van der Waals surface area contributed by atoms with Crippen molar-refractivity contribution in [2.45, 2.75) is 13.3 Å². The third kappa shape index (κ3) is 3.14. The first-order valence-electron chi connectivity index (χ1n) is 4.54. The minimum atomic E-state index is -0.195. The maximum Gasteiger partial charge on any atom is 0.123 e. The average molecular weight is 235 g/mol. The van der Waals surface area contributed by atoms with Crippen LogP contribution < -0.4 is 0 Å². The summed E-state index contributed by atoms with van der Waals surface area (Å²) in [4.78, 5) is 0. The molecule has 78 valence electrons. The molecule has 0 unspecified atom stereocenters. The number of benzene rings is 1. The van der Waals surface area contributed by atoms with Gasteiger partial charge in [-0.2, -0.15) is 0 Å². The van der Waals surface area contributed by atoms with Crippen molar-refractivity contribution in [1.29, 1.82) is 0 Å². The van der Waals surface area contributed by atoms with E-state index in [1.165, 1.54) is 12.1 Å². The maximum absolute atomic E-state index is 12.8. The average Bonchev–Trinajstić information content (AvgIpc) is 2.17. The van der Waals surface area contributed by atoms with Crippen LogP contribution >= 0.6 is 23.2 Å². The molecule has 3 heteroatoms. The molecule has 0 radical (unpaired) electrons. The maximum atomic E-state index is 12.8. The van der Waals surface area contributed by atoms with E-state index in [9.17, 15) is 4.39 Å². The quantitative estimate of drug-likeness (QED) is 0.697. The predicted molar refractivity (Wildman–Crippen MR) is 59.8 cm³/mol. The normalized spacial score (nSPS) is 10.9. The van der Waals surface area contributed by atoms with Gasteiger partial charge in [-0.05, 0) is 42.5 Å². The van der Waals surface area contributed by atoms with Crippen molar-refractivity contribution >= 4 is 23.2 Å². The number of hydrogen-bond donors (Lipinski definition) is 0. The first kappa shape index (κ1) is 11.8. The van der Waals surface area contributed by atoms with Gasteiger partial charge in [0.2, 0.25) is 0 Å². The fraction of sp³-hybridized carbons (Fsp3) is 0.455. The minimum Gasteiger partial charge on any atom is -0.207 e. The minimum absolute atomic E-state index is 0.195. The molecule has 0 atom stereocenters. The third-order valence-corrected chi connectivity index (χ3v) is 3.12. The monoisotopic (exact) mass is 234 g/mol. The molecule has 0 aromatic heterocycles. The van der Waals surface area contributed by atoms with Crippen LogP contribution in [0.3, 0.4) is 0 Å². The zero-order valence-corrected chi connectivity index (χ0v) is 9.58. The summed E-state index contributed by atoms with van der Waals surface area (Å²) < 4.78 is 12.8. The summed E-state index contributed by atoms with van der Waals surface area (Å²) in [6.45, 7) is 1.90. The highest BCUT2D eigenvalue weighted by Gasteiger charge is 2.09. The molecular formula is C11H13Cl2F. The van der Waals surface area contributed by atoms with Crippen LogP contribution in [0.15, 0.2) is 18.2 Å². The van der Waals surface area contributed by atoms with E-state index in [1.54, 1.807) is 6.07 Å². The Morgan fingerprint density at radius 1 is 1.29 bits per heavy atom. The van der Waals surface area contributed by atoms with E-state index >= 15 is 0 Å². The molecule has 0 nitrogen and oxygen atoms in total. The van der Waals surface area contributed by atoms with Crippen LogP contribution in [0.2, 0.25) is 0 Å². The lowest BCUT2D eigenvalue weighted by Gasteiger charge is -2.12. The van der Waals surface area contributed by atoms with Crippen molar-refractivity contribution in [1.82, 2.24) is 0 Å². The van der Waals surface area contributed by atoms with Crippen LogP contribution in [-0.4, -0.2) is 11.8 Å². The van der Waals surface area contributed by atoms with Crippen molar-refractivity contribution in [2.75, 3.05) is 11.8 Å². The van der Waals surface area contributed by atoms with Gasteiger partial charge in [0, 0.05) is 11.8 Å². The molecular weight excluding hydrogens is 222 g/mol. The second kappa shape index (κ2) is 5.57. The van der Waals surface area contributed by atoms with Crippen LogP contribution in [0.1, 0.15) is 11.1 Å². The van der Waals surface area contributed by atoms with E-state index in [1.807, 2.05) is 6.92 Å². The Morgan fingerprint density at radius 3 is 2.43 bits per heavy atom. The Bertz CT molecular complexity index is 295. The zero-order valence-electron chi connectivity index (χ0n) is 8.06. The summed E-state index contributed by atoms with van der Waals surface area (Å²) in [6.07, 6.45) is 0.819. The second-order valence-electron chi connectivity index (χ2n) is 3.45. The lowest BCUT2D eigenvalue weighted by Crippen LogP contribution is -2.09. The molecule has 0 saturated carbocycles. The van der Waals surface area contributed by atoms with E-state index in [0.717, 1.165) is 17.5 Å². The molecule has 0 amide bonds. The fourth-order valence-electron chi connectivity index (χ4n) is 1.35. The molecule has 1 rings (SSSR count). The Labute approximate surface area is 94.0 Å². The van der Waals surface area contributed by atoms with Gasteiger partial charge in [0.15, 0.2) is 0 Å². The molecule has 0 bridgehead atoms. The Kier molecular flexibility index (Phi) is 4.70. The van der Waals surface area contributed by atoms with Crippen LogP contribution in [0.25, 0.3) is 0 Å². The molecule has 0 saturated heterocycles. The Hall–Kier alpha value is -0.270. The van der Waals surface area contributed by atoms with E-state index in [0.29, 0.717) is 11.8 Å². The fourth-order valence-corrected chi connectivity index (χ4v) is 1.90. The van der Waals surface area contributed by atoms with Gasteiger partial charge in [0.05, 0.1) is 0 Å². The van der Waals surface area contributed by atoms with Gasteiger partial charge in [0.1, 0.15) is 5.82 Å². The molecule has 0 aliphatic rings. The van der Waals surface area contributed by atoms with Crippen LogP contribution in [0.5, 0.6) is 0 Å². The molecule has 0 heterocycles. The summed E-state index contributed by atoms with van der Waals surface area (Å²) in [5.41, 5.74) is 2.09. The molecule has 0 aliphatic heterocycles. The van der Waals surface area contributed by atoms with Crippen molar-refractivity contribution < 1.29 is 4.39 Å². The van der Waals surface area contributed by atoms with Crippen LogP contribution in [0.4, 0.5) is 4.39 Å². The first-order valence-corrected chi connectivity index (χ1v) is 5.61. The van der Waals surface area contributed by atoms with E-state index in [4.69, 9.17) is 23.2 Å². The highest BCUT2D eigenvalue weighted by molar-refractivity contribution is 6.20. The predicted octanol–water partition coefficient (Wildman–Crippen LogP) is 3.77. The van der Waals surface area contributed by atoms with Crippen LogP contribution in [-0.2, 0) is 6.42 Å². The number of alkyl halides is 2. The largest absolute Gasteiger partial charge is 0.207 e. The summed E-state index contributed by atoms with van der Waals surface area (Å²) in [7, 11) is 0. The standard InChI is InChI=1S/C11H13Cl2F/c1-8-4-11(14)3-2-10(8)5-9(6-12)7-13/h2-4,9H,5-7H2,1H3. The van der Waals surface area contributed by atoms with Crippen molar-refractivity contribution in [3.8, 4) is 0 Å². The lowest BCUT2D eigenvalue weighted by molar-refractivity contribution is 0.620. The van der Waals surface area contributed by atoms with Gasteiger partial charge >= 0.3 is 0 Å². The number of halogens is 3. The topological polar surface area (TPSA) is 0 Å². The molecule has 0 aliphatic carbocycles. The van der Waals surface area contributed by atoms with Gasteiger partial charge in [-0.3, -0.25) is 0 Å². The van der Waals surface area contributed by atoms with Crippen molar-refractivity contribution in [2.24, 2.45) is 5.92 Å². The van der Waals surface area contributed by atoms with Crippen molar-refractivity contribution in [3.63, 3.8) is 0 Å². The Balaban J connectivity index is 2.76. The van der Waals surface area contributed by atoms with E-state index in [-0.39, 0.29) is 11.7 Å². The summed E-state index contributed by atoms with van der Waals surface area (Å²) in [5, 5.41) is 0. The summed E-state index contributed by atoms with van der Waals surface area (Å²) >= 11 is 11.5. The second-order valence-corrected chi connectivity index (χ2v) is 4.07. The zero-order chi connectivity index (χ0) is 10.6. The van der Waals surface area contributed by atoms with Gasteiger partial charge in [-0.1, -0.05) is 6.07 Å². The highest BCUT2D eigenvalue weighted by atomic mass is 35.5. The first-order chi connectivity index (χ1) is 6.67. The number of aryl methyl sites for hydroxylation is 1. The SMILES string of the molecule is Cc1cc(F)ccc1CC(CCl)CCl. The van der Waals surface area contributed by atoms with Gasteiger partial charge in [0.25, 0.3) is 0 Å². The molecule has 1 aromatic carbocycles. The number of rotatable bonds is 4. The van der Waals surface area contributed by atoms with Crippen molar-refractivity contribution in [3.05, 3.63) is 35.1 Å². The molecule has 1 aromatic rings. The van der Waals surface area contributed by atoms with Gasteiger partial charge in [-0.25, -0.2) is 4.39 Å². The van der Waals surface area contributed by atoms with Crippen LogP contribution in [0, 0.1) is 18.7 Å². The third-order valence-electron chi connectivity index (χ3n) is 2.25. The number of hydrogen-bond acceptors (Lipinski definition) is 0. The molecule has 0 N–H and O–H groups in total. The van der Waals surface area contributed by atoms with E-state index in [2.05, 4.69) is 0 Å². The Morgan fingerprint density at radius 2 is 1.93 bits per heavy atom. The molecule has 14 heavy (non-hydrogen) atoms. The molecule has 0 fully saturated rings. The van der Waals surface area contributed by atoms with Gasteiger partial charge in [-0.15, -0.1) is 23.2 Å². The summed E-state index contributed by atoms with van der Waals surface area (Å²) in [6, 6.07) is 4.81. The van der Waals surface area contributed by atoms with E-state index < -0.39 is 0 Å². The smallest absolute Gasteiger partial charge is 0.123 e. The van der Waals surface area contributed by atoms with Gasteiger partial charge < -0.3 is 0 Å². The molecule has 0 spiro atoms. The lowest BCUT2D eigenvalue weighted by atomic mass is 9.98. The summed E-state index contributed by atoms with van der Waals surface area (Å²) in [5.74, 6) is 1.16.